The second kappa shape index (κ2) is 4.70. The molecule has 3 rings (SSSR count). The first kappa shape index (κ1) is 12.2. The number of fused-ring (bicyclic) bond motifs is 1. The summed E-state index contributed by atoms with van der Waals surface area (Å²) in [4.78, 5) is 16.1. The Morgan fingerprint density at radius 2 is 1.84 bits per heavy atom. The summed E-state index contributed by atoms with van der Waals surface area (Å²) in [5, 5.41) is 1.01. The third-order valence-electron chi connectivity index (χ3n) is 3.80. The van der Waals surface area contributed by atoms with Crippen molar-refractivity contribution in [3.63, 3.8) is 0 Å². The molecule has 0 spiro atoms. The first-order chi connectivity index (χ1) is 9.13. The summed E-state index contributed by atoms with van der Waals surface area (Å²) >= 11 is 0. The minimum Gasteiger partial charge on any atom is -0.423 e. The quantitative estimate of drug-likeness (QED) is 0.732. The van der Waals surface area contributed by atoms with E-state index in [9.17, 15) is 4.79 Å². The van der Waals surface area contributed by atoms with Crippen molar-refractivity contribution < 1.29 is 4.42 Å². The number of piperazine rings is 1. The molecule has 0 bridgehead atoms. The molecule has 2 heterocycles. The predicted molar refractivity (Wildman–Crippen MR) is 76.9 cm³/mol. The summed E-state index contributed by atoms with van der Waals surface area (Å²) in [6, 6.07) is 7.68. The Morgan fingerprint density at radius 1 is 1.11 bits per heavy atom. The lowest BCUT2D eigenvalue weighted by Gasteiger charge is -2.34. The largest absolute Gasteiger partial charge is 0.423 e. The van der Waals surface area contributed by atoms with Crippen LogP contribution in [0.5, 0.6) is 0 Å². The molecule has 19 heavy (non-hydrogen) atoms. The van der Waals surface area contributed by atoms with Gasteiger partial charge < -0.3 is 14.2 Å². The SMILES string of the molecule is Cc1cc(=O)oc2cc(N3CCN(C)CC3)ccc12. The highest BCUT2D eigenvalue weighted by Crippen LogP contribution is 2.24. The van der Waals surface area contributed by atoms with Gasteiger partial charge in [0.2, 0.25) is 0 Å². The van der Waals surface area contributed by atoms with Crippen LogP contribution in [0.25, 0.3) is 11.0 Å². The Bertz CT molecular complexity index is 655. The number of benzene rings is 1. The van der Waals surface area contributed by atoms with E-state index in [2.05, 4.69) is 22.9 Å². The number of hydrogen-bond donors (Lipinski definition) is 0. The molecule has 0 atom stereocenters. The first-order valence-corrected chi connectivity index (χ1v) is 6.61. The Balaban J connectivity index is 1.99. The number of hydrogen-bond acceptors (Lipinski definition) is 4. The zero-order valence-corrected chi connectivity index (χ0v) is 11.3. The Kier molecular flexibility index (Phi) is 3.03. The van der Waals surface area contributed by atoms with Crippen LogP contribution >= 0.6 is 0 Å². The van der Waals surface area contributed by atoms with Crippen LogP contribution < -0.4 is 10.5 Å². The monoisotopic (exact) mass is 258 g/mol. The summed E-state index contributed by atoms with van der Waals surface area (Å²) in [7, 11) is 2.14. The topological polar surface area (TPSA) is 36.7 Å². The maximum Gasteiger partial charge on any atom is 0.336 e. The van der Waals surface area contributed by atoms with E-state index < -0.39 is 0 Å². The van der Waals surface area contributed by atoms with Crippen molar-refractivity contribution in [1.82, 2.24) is 4.90 Å². The van der Waals surface area contributed by atoms with Crippen LogP contribution in [0.4, 0.5) is 5.69 Å². The summed E-state index contributed by atoms with van der Waals surface area (Å²) in [5.74, 6) is 0. The van der Waals surface area contributed by atoms with Crippen LogP contribution in [0.1, 0.15) is 5.56 Å². The predicted octanol–water partition coefficient (Wildman–Crippen LogP) is 1.85. The van der Waals surface area contributed by atoms with E-state index in [-0.39, 0.29) is 5.63 Å². The van der Waals surface area contributed by atoms with Gasteiger partial charge >= 0.3 is 5.63 Å². The molecule has 1 aliphatic heterocycles. The van der Waals surface area contributed by atoms with Crippen molar-refractivity contribution >= 4 is 16.7 Å². The van der Waals surface area contributed by atoms with Crippen molar-refractivity contribution in [2.45, 2.75) is 6.92 Å². The average Bonchev–Trinajstić information content (AvgIpc) is 2.38. The Morgan fingerprint density at radius 3 is 2.58 bits per heavy atom. The van der Waals surface area contributed by atoms with E-state index in [0.717, 1.165) is 42.8 Å². The average molecular weight is 258 g/mol. The summed E-state index contributed by atoms with van der Waals surface area (Å²) in [6.07, 6.45) is 0. The normalized spacial score (nSPS) is 17.1. The van der Waals surface area contributed by atoms with Gasteiger partial charge in [0.05, 0.1) is 0 Å². The zero-order valence-electron chi connectivity index (χ0n) is 11.3. The number of aryl methyl sites for hydroxylation is 1. The number of nitrogens with zero attached hydrogens (tertiary/aromatic N) is 2. The summed E-state index contributed by atoms with van der Waals surface area (Å²) < 4.78 is 5.30. The van der Waals surface area contributed by atoms with Gasteiger partial charge in [0.25, 0.3) is 0 Å². The minimum absolute atomic E-state index is 0.277. The fraction of sp³-hybridized carbons (Fsp3) is 0.400. The van der Waals surface area contributed by atoms with Crippen LogP contribution in [0, 0.1) is 6.92 Å². The molecule has 1 fully saturated rings. The van der Waals surface area contributed by atoms with Gasteiger partial charge in [-0.25, -0.2) is 4.79 Å². The zero-order chi connectivity index (χ0) is 13.4. The molecule has 4 nitrogen and oxygen atoms in total. The maximum absolute atomic E-state index is 11.4. The molecule has 1 aromatic carbocycles. The highest BCUT2D eigenvalue weighted by molar-refractivity contribution is 5.83. The second-order valence-corrected chi connectivity index (χ2v) is 5.22. The molecule has 4 heteroatoms. The van der Waals surface area contributed by atoms with E-state index in [4.69, 9.17) is 4.42 Å². The number of anilines is 1. The molecule has 0 saturated carbocycles. The first-order valence-electron chi connectivity index (χ1n) is 6.61. The fourth-order valence-electron chi connectivity index (χ4n) is 2.57. The van der Waals surface area contributed by atoms with Crippen LogP contribution in [0.3, 0.4) is 0 Å². The maximum atomic E-state index is 11.4. The molecule has 100 valence electrons. The minimum atomic E-state index is -0.277. The van der Waals surface area contributed by atoms with Crippen molar-refractivity contribution in [2.24, 2.45) is 0 Å². The van der Waals surface area contributed by atoms with Gasteiger partial charge in [-0.2, -0.15) is 0 Å². The van der Waals surface area contributed by atoms with Gasteiger partial charge in [-0.3, -0.25) is 0 Å². The standard InChI is InChI=1S/C15H18N2O2/c1-11-9-15(18)19-14-10-12(3-4-13(11)14)17-7-5-16(2)6-8-17/h3-4,9-10H,5-8H2,1-2H3. The van der Waals surface area contributed by atoms with Crippen molar-refractivity contribution in [3.8, 4) is 0 Å². The van der Waals surface area contributed by atoms with Gasteiger partial charge in [0, 0.05) is 49.4 Å². The van der Waals surface area contributed by atoms with E-state index >= 15 is 0 Å². The molecule has 1 saturated heterocycles. The van der Waals surface area contributed by atoms with Gasteiger partial charge in [-0.1, -0.05) is 0 Å². The Labute approximate surface area is 112 Å². The van der Waals surface area contributed by atoms with Crippen LogP contribution in [-0.2, 0) is 0 Å². The smallest absolute Gasteiger partial charge is 0.336 e. The van der Waals surface area contributed by atoms with Crippen molar-refractivity contribution in [2.75, 3.05) is 38.1 Å². The number of rotatable bonds is 1. The van der Waals surface area contributed by atoms with E-state index in [1.54, 1.807) is 0 Å². The molecule has 0 radical (unpaired) electrons. The van der Waals surface area contributed by atoms with Crippen LogP contribution in [-0.4, -0.2) is 38.1 Å². The van der Waals surface area contributed by atoms with Gasteiger partial charge in [-0.15, -0.1) is 0 Å². The van der Waals surface area contributed by atoms with Gasteiger partial charge in [-0.05, 0) is 31.7 Å². The van der Waals surface area contributed by atoms with Crippen LogP contribution in [0.2, 0.25) is 0 Å². The lowest BCUT2D eigenvalue weighted by Crippen LogP contribution is -2.44. The molecular weight excluding hydrogens is 240 g/mol. The van der Waals surface area contributed by atoms with E-state index in [0.29, 0.717) is 5.58 Å². The molecule has 0 unspecified atom stereocenters. The highest BCUT2D eigenvalue weighted by atomic mass is 16.4. The highest BCUT2D eigenvalue weighted by Gasteiger charge is 2.15. The molecule has 0 amide bonds. The lowest BCUT2D eigenvalue weighted by molar-refractivity contribution is 0.313. The fourth-order valence-corrected chi connectivity index (χ4v) is 2.57. The third-order valence-corrected chi connectivity index (χ3v) is 3.80. The summed E-state index contributed by atoms with van der Waals surface area (Å²) in [5.41, 5.74) is 2.51. The molecule has 1 aromatic heterocycles. The van der Waals surface area contributed by atoms with Gasteiger partial charge in [0.1, 0.15) is 5.58 Å². The molecule has 0 N–H and O–H groups in total. The van der Waals surface area contributed by atoms with E-state index in [1.807, 2.05) is 19.1 Å². The molecular formula is C15H18N2O2. The third kappa shape index (κ3) is 2.36. The Hall–Kier alpha value is -1.81. The van der Waals surface area contributed by atoms with Gasteiger partial charge in [0.15, 0.2) is 0 Å². The van der Waals surface area contributed by atoms with E-state index in [1.165, 1.54) is 6.07 Å². The number of likely N-dealkylation sites (N-methyl/N-ethyl adjacent to an activating group) is 1. The molecule has 1 aliphatic rings. The molecule has 0 aliphatic carbocycles. The van der Waals surface area contributed by atoms with Crippen LogP contribution in [0.15, 0.2) is 33.5 Å². The van der Waals surface area contributed by atoms with Crippen molar-refractivity contribution in [3.05, 3.63) is 40.2 Å². The van der Waals surface area contributed by atoms with Crippen molar-refractivity contribution in [1.29, 1.82) is 0 Å². The molecule has 2 aromatic rings. The summed E-state index contributed by atoms with van der Waals surface area (Å²) in [6.45, 7) is 6.09. The lowest BCUT2D eigenvalue weighted by atomic mass is 10.1. The second-order valence-electron chi connectivity index (χ2n) is 5.22.